The molecule has 1 saturated heterocycles. The molecular formula is C9H18N2O. The minimum Gasteiger partial charge on any atom is -0.308 e. The van der Waals surface area contributed by atoms with Crippen molar-refractivity contribution in [1.29, 1.82) is 0 Å². The topological polar surface area (TPSA) is 23.6 Å². The first-order valence-electron chi connectivity index (χ1n) is 4.57. The summed E-state index contributed by atoms with van der Waals surface area (Å²) in [6, 6.07) is 0. The van der Waals surface area contributed by atoms with E-state index < -0.39 is 0 Å². The van der Waals surface area contributed by atoms with Gasteiger partial charge in [0, 0.05) is 19.5 Å². The molecule has 0 aromatic rings. The average molecular weight is 170 g/mol. The molecule has 0 amide bonds. The van der Waals surface area contributed by atoms with Crippen molar-refractivity contribution in [2.75, 3.05) is 40.3 Å². The summed E-state index contributed by atoms with van der Waals surface area (Å²) in [6.07, 6.45) is 1.84. The Morgan fingerprint density at radius 3 is 2.83 bits per heavy atom. The Morgan fingerprint density at radius 2 is 2.25 bits per heavy atom. The molecule has 0 bridgehead atoms. The minimum absolute atomic E-state index is 0.403. The van der Waals surface area contributed by atoms with Gasteiger partial charge in [0.05, 0.1) is 6.54 Å². The van der Waals surface area contributed by atoms with Gasteiger partial charge >= 0.3 is 0 Å². The predicted octanol–water partition coefficient (Wildman–Crippen LogP) is 0.213. The monoisotopic (exact) mass is 170 g/mol. The number of hydrogen-bond donors (Lipinski definition) is 0. The summed E-state index contributed by atoms with van der Waals surface area (Å²) in [6.45, 7) is 3.85. The predicted molar refractivity (Wildman–Crippen MR) is 49.2 cm³/mol. The van der Waals surface area contributed by atoms with Crippen LogP contribution in [0.3, 0.4) is 0 Å². The Kier molecular flexibility index (Phi) is 3.69. The molecule has 3 heteroatoms. The number of hydrogen-bond acceptors (Lipinski definition) is 3. The van der Waals surface area contributed by atoms with E-state index in [1.807, 2.05) is 0 Å². The molecule has 1 rings (SSSR count). The van der Waals surface area contributed by atoms with Crippen LogP contribution >= 0.6 is 0 Å². The second-order valence-electron chi connectivity index (χ2n) is 3.72. The van der Waals surface area contributed by atoms with Gasteiger partial charge in [-0.1, -0.05) is 0 Å². The van der Waals surface area contributed by atoms with E-state index in [9.17, 15) is 4.79 Å². The van der Waals surface area contributed by atoms with Gasteiger partial charge in [-0.25, -0.2) is 0 Å². The lowest BCUT2D eigenvalue weighted by Crippen LogP contribution is -2.39. The molecule has 0 aromatic carbocycles. The first-order chi connectivity index (χ1) is 5.68. The van der Waals surface area contributed by atoms with Crippen molar-refractivity contribution < 1.29 is 4.79 Å². The number of Topliss-reactive ketones (excluding diaryl/α,β-unsaturated/α-hetero) is 1. The quantitative estimate of drug-likeness (QED) is 0.605. The van der Waals surface area contributed by atoms with Gasteiger partial charge in [0.1, 0.15) is 5.78 Å². The van der Waals surface area contributed by atoms with Crippen molar-refractivity contribution in [1.82, 2.24) is 9.80 Å². The van der Waals surface area contributed by atoms with Gasteiger partial charge in [-0.05, 0) is 27.1 Å². The molecule has 0 atom stereocenters. The van der Waals surface area contributed by atoms with Crippen LogP contribution < -0.4 is 0 Å². The van der Waals surface area contributed by atoms with Gasteiger partial charge in [0.2, 0.25) is 0 Å². The van der Waals surface area contributed by atoms with E-state index in [2.05, 4.69) is 23.9 Å². The lowest BCUT2D eigenvalue weighted by Gasteiger charge is -2.26. The maximum atomic E-state index is 11.1. The van der Waals surface area contributed by atoms with Crippen LogP contribution in [0, 0.1) is 0 Å². The summed E-state index contributed by atoms with van der Waals surface area (Å²) in [5, 5.41) is 0. The van der Waals surface area contributed by atoms with Gasteiger partial charge in [0.25, 0.3) is 0 Å². The van der Waals surface area contributed by atoms with Gasteiger partial charge in [0.15, 0.2) is 0 Å². The molecule has 3 nitrogen and oxygen atoms in total. The van der Waals surface area contributed by atoms with Crippen molar-refractivity contribution in [3.8, 4) is 0 Å². The van der Waals surface area contributed by atoms with Crippen LogP contribution in [-0.4, -0.2) is 55.9 Å². The van der Waals surface area contributed by atoms with Crippen molar-refractivity contribution in [3.05, 3.63) is 0 Å². The minimum atomic E-state index is 0.403. The van der Waals surface area contributed by atoms with E-state index >= 15 is 0 Å². The number of rotatable bonds is 3. The van der Waals surface area contributed by atoms with E-state index in [1.165, 1.54) is 0 Å². The van der Waals surface area contributed by atoms with Crippen LogP contribution in [0.15, 0.2) is 0 Å². The largest absolute Gasteiger partial charge is 0.308 e. The second kappa shape index (κ2) is 4.58. The number of carbonyl (C=O) groups excluding carboxylic acids is 1. The summed E-state index contributed by atoms with van der Waals surface area (Å²) in [4.78, 5) is 15.5. The number of likely N-dealkylation sites (N-methyl/N-ethyl adjacent to an activating group) is 1. The lowest BCUT2D eigenvalue weighted by atomic mass is 10.1. The van der Waals surface area contributed by atoms with Crippen LogP contribution in [0.25, 0.3) is 0 Å². The smallest absolute Gasteiger partial charge is 0.146 e. The lowest BCUT2D eigenvalue weighted by molar-refractivity contribution is -0.122. The normalized spacial score (nSPS) is 20.4. The third-order valence-electron chi connectivity index (χ3n) is 2.19. The third-order valence-corrected chi connectivity index (χ3v) is 2.19. The fourth-order valence-corrected chi connectivity index (χ4v) is 1.44. The maximum Gasteiger partial charge on any atom is 0.146 e. The van der Waals surface area contributed by atoms with Crippen LogP contribution in [0.2, 0.25) is 0 Å². The van der Waals surface area contributed by atoms with E-state index in [1.54, 1.807) is 0 Å². The second-order valence-corrected chi connectivity index (χ2v) is 3.72. The van der Waals surface area contributed by atoms with Crippen LogP contribution in [0.4, 0.5) is 0 Å². The Morgan fingerprint density at radius 1 is 1.50 bits per heavy atom. The van der Waals surface area contributed by atoms with E-state index in [0.29, 0.717) is 12.3 Å². The third kappa shape index (κ3) is 3.32. The van der Waals surface area contributed by atoms with Crippen molar-refractivity contribution in [3.63, 3.8) is 0 Å². The highest BCUT2D eigenvalue weighted by Crippen LogP contribution is 2.04. The molecule has 0 aliphatic carbocycles. The molecule has 1 aliphatic heterocycles. The van der Waals surface area contributed by atoms with Gasteiger partial charge in [-0.2, -0.15) is 0 Å². The molecule has 0 saturated carbocycles. The summed E-state index contributed by atoms with van der Waals surface area (Å²) in [5.41, 5.74) is 0. The number of carbonyl (C=O) groups is 1. The average Bonchev–Trinajstić information content (AvgIpc) is 2.01. The van der Waals surface area contributed by atoms with Crippen LogP contribution in [0.5, 0.6) is 0 Å². The number of nitrogens with zero attached hydrogens (tertiary/aromatic N) is 2. The number of ketones is 1. The molecule has 70 valence electrons. The summed E-state index contributed by atoms with van der Waals surface area (Å²) < 4.78 is 0. The maximum absolute atomic E-state index is 11.1. The molecule has 12 heavy (non-hydrogen) atoms. The Bertz CT molecular complexity index is 157. The zero-order chi connectivity index (χ0) is 8.97. The van der Waals surface area contributed by atoms with Crippen molar-refractivity contribution in [2.24, 2.45) is 0 Å². The molecule has 0 aromatic heterocycles. The van der Waals surface area contributed by atoms with Gasteiger partial charge in [-0.15, -0.1) is 0 Å². The molecule has 0 N–H and O–H groups in total. The first-order valence-corrected chi connectivity index (χ1v) is 4.57. The summed E-state index contributed by atoms with van der Waals surface area (Å²) in [5.74, 6) is 0.403. The highest BCUT2D eigenvalue weighted by Gasteiger charge is 2.15. The van der Waals surface area contributed by atoms with Gasteiger partial charge < -0.3 is 4.90 Å². The zero-order valence-corrected chi connectivity index (χ0v) is 8.05. The van der Waals surface area contributed by atoms with Crippen molar-refractivity contribution >= 4 is 5.78 Å². The standard InChI is InChI=1S/C9H18N2O/c1-10(2)6-7-11-5-3-4-9(12)8-11/h3-8H2,1-2H3. The number of piperidine rings is 1. The van der Waals surface area contributed by atoms with E-state index in [-0.39, 0.29) is 0 Å². The molecule has 0 unspecified atom stereocenters. The highest BCUT2D eigenvalue weighted by atomic mass is 16.1. The van der Waals surface area contributed by atoms with E-state index in [4.69, 9.17) is 0 Å². The fourth-order valence-electron chi connectivity index (χ4n) is 1.44. The van der Waals surface area contributed by atoms with Crippen LogP contribution in [-0.2, 0) is 4.79 Å². The van der Waals surface area contributed by atoms with Crippen LogP contribution in [0.1, 0.15) is 12.8 Å². The molecule has 1 heterocycles. The molecule has 0 spiro atoms. The Labute approximate surface area is 74.3 Å². The summed E-state index contributed by atoms with van der Waals surface area (Å²) >= 11 is 0. The zero-order valence-electron chi connectivity index (χ0n) is 8.05. The highest BCUT2D eigenvalue weighted by molar-refractivity contribution is 5.81. The summed E-state index contributed by atoms with van der Waals surface area (Å²) in [7, 11) is 4.12. The number of likely N-dealkylation sites (tertiary alicyclic amines) is 1. The first kappa shape index (κ1) is 9.68. The van der Waals surface area contributed by atoms with Gasteiger partial charge in [-0.3, -0.25) is 9.69 Å². The molecule has 1 aliphatic rings. The van der Waals surface area contributed by atoms with Crippen molar-refractivity contribution in [2.45, 2.75) is 12.8 Å². The molecular weight excluding hydrogens is 152 g/mol. The Hall–Kier alpha value is -0.410. The van der Waals surface area contributed by atoms with E-state index in [0.717, 1.165) is 32.5 Å². The Balaban J connectivity index is 2.18. The fraction of sp³-hybridized carbons (Fsp3) is 0.889. The SMILES string of the molecule is CN(C)CCN1CCCC(=O)C1. The molecule has 0 radical (unpaired) electrons. The molecule has 1 fully saturated rings.